The maximum atomic E-state index is 13.2. The summed E-state index contributed by atoms with van der Waals surface area (Å²) >= 11 is 0. The average molecular weight is 495 g/mol. The van der Waals surface area contributed by atoms with E-state index in [0.29, 0.717) is 6.54 Å². The van der Waals surface area contributed by atoms with Gasteiger partial charge < -0.3 is 25.0 Å². The number of benzene rings is 3. The lowest BCUT2D eigenvalue weighted by Gasteiger charge is -2.36. The van der Waals surface area contributed by atoms with Crippen molar-refractivity contribution in [1.82, 2.24) is 10.3 Å². The molecule has 188 valence electrons. The minimum atomic E-state index is -0.697. The highest BCUT2D eigenvalue weighted by Gasteiger charge is 2.19. The number of amides is 1. The second kappa shape index (κ2) is 11.0. The first-order valence-electron chi connectivity index (χ1n) is 11.3. The number of hydrogen-bond donors (Lipinski definition) is 4. The monoisotopic (exact) mass is 494 g/mol. The fourth-order valence-electron chi connectivity index (χ4n) is 4.02. The first kappa shape index (κ1) is 24.8. The van der Waals surface area contributed by atoms with Crippen LogP contribution in [0.1, 0.15) is 21.5 Å². The number of methoxy groups -OCH3 is 1. The molecule has 0 aliphatic carbocycles. The molecule has 1 heterocycles. The van der Waals surface area contributed by atoms with E-state index < -0.39 is 23.2 Å². The number of nitrogens with one attached hydrogen (secondary N) is 1. The van der Waals surface area contributed by atoms with E-state index in [1.54, 1.807) is 19.2 Å². The Morgan fingerprint density at radius 1 is 1.03 bits per heavy atom. The zero-order valence-corrected chi connectivity index (χ0v) is 19.7. The van der Waals surface area contributed by atoms with Gasteiger partial charge in [0, 0.05) is 49.5 Å². The van der Waals surface area contributed by atoms with Crippen molar-refractivity contribution in [2.45, 2.75) is 6.54 Å². The topological polar surface area (TPSA) is 118 Å². The summed E-state index contributed by atoms with van der Waals surface area (Å²) in [5.74, 6) is -2.08. The van der Waals surface area contributed by atoms with Crippen molar-refractivity contribution in [3.8, 4) is 23.0 Å². The molecule has 1 amide bonds. The van der Waals surface area contributed by atoms with Gasteiger partial charge in [0.25, 0.3) is 5.91 Å². The number of hydrazone groups is 1. The molecule has 1 saturated heterocycles. The van der Waals surface area contributed by atoms with E-state index in [2.05, 4.69) is 20.3 Å². The lowest BCUT2D eigenvalue weighted by Crippen LogP contribution is -2.46. The summed E-state index contributed by atoms with van der Waals surface area (Å²) in [5.41, 5.74) is 4.99. The van der Waals surface area contributed by atoms with Gasteiger partial charge in [-0.1, -0.05) is 0 Å². The van der Waals surface area contributed by atoms with Crippen molar-refractivity contribution < 1.29 is 29.2 Å². The van der Waals surface area contributed by atoms with Crippen LogP contribution in [0.5, 0.6) is 23.0 Å². The number of aromatic hydroxyl groups is 3. The van der Waals surface area contributed by atoms with Crippen LogP contribution in [0.2, 0.25) is 0 Å². The van der Waals surface area contributed by atoms with Crippen LogP contribution in [0.3, 0.4) is 0 Å². The molecule has 36 heavy (non-hydrogen) atoms. The van der Waals surface area contributed by atoms with Gasteiger partial charge in [0.2, 0.25) is 0 Å². The maximum Gasteiger partial charge on any atom is 0.271 e. The molecule has 10 heteroatoms. The standard InChI is InChI=1S/C26H27FN4O5/c1-36-24-7-2-17(15-28-29-26(35)18-13-22(32)25(34)23(33)14-18)12-19(24)16-30-8-10-31(11-9-30)21-5-3-20(27)4-6-21/h2-7,12-15,32-34H,8-11,16H2,1H3,(H,29,35). The number of halogens is 1. The first-order valence-corrected chi connectivity index (χ1v) is 11.3. The number of nitrogens with zero attached hydrogens (tertiary/aromatic N) is 3. The van der Waals surface area contributed by atoms with Crippen LogP contribution < -0.4 is 15.1 Å². The highest BCUT2D eigenvalue weighted by Crippen LogP contribution is 2.35. The second-order valence-electron chi connectivity index (χ2n) is 8.37. The molecule has 0 spiro atoms. The number of phenolic OH excluding ortho intramolecular Hbond substituents is 3. The van der Waals surface area contributed by atoms with E-state index in [0.717, 1.165) is 60.9 Å². The molecule has 1 aliphatic heterocycles. The minimum Gasteiger partial charge on any atom is -0.504 e. The summed E-state index contributed by atoms with van der Waals surface area (Å²) < 4.78 is 18.7. The zero-order valence-electron chi connectivity index (χ0n) is 19.7. The number of piperazine rings is 1. The van der Waals surface area contributed by atoms with Crippen LogP contribution in [0.25, 0.3) is 0 Å². The molecule has 4 rings (SSSR count). The number of ether oxygens (including phenoxy) is 1. The van der Waals surface area contributed by atoms with Crippen LogP contribution in [0.4, 0.5) is 10.1 Å². The van der Waals surface area contributed by atoms with E-state index in [1.165, 1.54) is 18.3 Å². The van der Waals surface area contributed by atoms with E-state index in [9.17, 15) is 24.5 Å². The third kappa shape index (κ3) is 5.84. The lowest BCUT2D eigenvalue weighted by molar-refractivity contribution is 0.0954. The smallest absolute Gasteiger partial charge is 0.271 e. The minimum absolute atomic E-state index is 0.0600. The Kier molecular flexibility index (Phi) is 7.55. The van der Waals surface area contributed by atoms with Gasteiger partial charge in [-0.15, -0.1) is 0 Å². The molecule has 0 bridgehead atoms. The van der Waals surface area contributed by atoms with Crippen molar-refractivity contribution in [3.05, 3.63) is 77.1 Å². The SMILES string of the molecule is COc1ccc(C=NNC(=O)c2cc(O)c(O)c(O)c2)cc1CN1CCN(c2ccc(F)cc2)CC1. The highest BCUT2D eigenvalue weighted by atomic mass is 19.1. The molecule has 0 atom stereocenters. The van der Waals surface area contributed by atoms with Crippen LogP contribution in [0.15, 0.2) is 59.7 Å². The molecule has 0 radical (unpaired) electrons. The van der Waals surface area contributed by atoms with Gasteiger partial charge in [-0.05, 0) is 60.2 Å². The molecule has 0 unspecified atom stereocenters. The van der Waals surface area contributed by atoms with Crippen molar-refractivity contribution in [1.29, 1.82) is 0 Å². The molecule has 1 aliphatic rings. The first-order chi connectivity index (χ1) is 17.3. The fraction of sp³-hybridized carbons (Fsp3) is 0.231. The second-order valence-corrected chi connectivity index (χ2v) is 8.37. The van der Waals surface area contributed by atoms with Gasteiger partial charge in [0.1, 0.15) is 11.6 Å². The third-order valence-corrected chi connectivity index (χ3v) is 5.97. The van der Waals surface area contributed by atoms with Crippen LogP contribution in [-0.4, -0.2) is 65.6 Å². The summed E-state index contributed by atoms with van der Waals surface area (Å²) in [5, 5.41) is 32.5. The Labute approximate surface area is 207 Å². The molecule has 9 nitrogen and oxygen atoms in total. The Morgan fingerprint density at radius 3 is 2.33 bits per heavy atom. The predicted octanol–water partition coefficient (Wildman–Crippen LogP) is 3.04. The van der Waals surface area contributed by atoms with Crippen molar-refractivity contribution in [3.63, 3.8) is 0 Å². The molecule has 0 saturated carbocycles. The normalized spacial score (nSPS) is 14.2. The van der Waals surface area contributed by atoms with Crippen molar-refractivity contribution >= 4 is 17.8 Å². The molecule has 4 N–H and O–H groups in total. The Balaban J connectivity index is 1.37. The van der Waals surface area contributed by atoms with E-state index in [1.807, 2.05) is 18.2 Å². The van der Waals surface area contributed by atoms with Gasteiger partial charge >= 0.3 is 0 Å². The molecular weight excluding hydrogens is 467 g/mol. The number of carbonyl (C=O) groups excluding carboxylic acids is 1. The Morgan fingerprint density at radius 2 is 1.69 bits per heavy atom. The molecular formula is C26H27FN4O5. The van der Waals surface area contributed by atoms with E-state index >= 15 is 0 Å². The Hall–Kier alpha value is -4.31. The van der Waals surface area contributed by atoms with Gasteiger partial charge in [-0.25, -0.2) is 9.82 Å². The van der Waals surface area contributed by atoms with Gasteiger partial charge in [0.05, 0.1) is 13.3 Å². The number of carbonyl (C=O) groups is 1. The summed E-state index contributed by atoms with van der Waals surface area (Å²) in [6.07, 6.45) is 1.48. The van der Waals surface area contributed by atoms with E-state index in [4.69, 9.17) is 4.74 Å². The fourth-order valence-corrected chi connectivity index (χ4v) is 4.02. The largest absolute Gasteiger partial charge is 0.504 e. The van der Waals surface area contributed by atoms with Gasteiger partial charge in [-0.3, -0.25) is 9.69 Å². The molecule has 0 aromatic heterocycles. The van der Waals surface area contributed by atoms with Crippen molar-refractivity contribution in [2.24, 2.45) is 5.10 Å². The van der Waals surface area contributed by atoms with Crippen molar-refractivity contribution in [2.75, 3.05) is 38.2 Å². The number of hydrogen-bond acceptors (Lipinski definition) is 8. The third-order valence-electron chi connectivity index (χ3n) is 5.97. The predicted molar refractivity (Wildman–Crippen MR) is 133 cm³/mol. The maximum absolute atomic E-state index is 13.2. The van der Waals surface area contributed by atoms with E-state index in [-0.39, 0.29) is 11.4 Å². The molecule has 3 aromatic rings. The van der Waals surface area contributed by atoms with Gasteiger partial charge in [-0.2, -0.15) is 5.10 Å². The van der Waals surface area contributed by atoms with Crippen LogP contribution >= 0.6 is 0 Å². The quantitative estimate of drug-likeness (QED) is 0.227. The summed E-state index contributed by atoms with van der Waals surface area (Å²) in [4.78, 5) is 16.8. The summed E-state index contributed by atoms with van der Waals surface area (Å²) in [6.45, 7) is 3.98. The Bertz CT molecular complexity index is 1230. The average Bonchev–Trinajstić information content (AvgIpc) is 2.88. The lowest BCUT2D eigenvalue weighted by atomic mass is 10.1. The number of anilines is 1. The number of phenols is 3. The molecule has 1 fully saturated rings. The zero-order chi connectivity index (χ0) is 25.7. The number of rotatable bonds is 7. The molecule has 3 aromatic carbocycles. The summed E-state index contributed by atoms with van der Waals surface area (Å²) in [6, 6.07) is 14.2. The van der Waals surface area contributed by atoms with Crippen LogP contribution in [0, 0.1) is 5.82 Å². The summed E-state index contributed by atoms with van der Waals surface area (Å²) in [7, 11) is 1.61. The van der Waals surface area contributed by atoms with Crippen LogP contribution in [-0.2, 0) is 6.54 Å². The van der Waals surface area contributed by atoms with Gasteiger partial charge in [0.15, 0.2) is 17.2 Å². The highest BCUT2D eigenvalue weighted by molar-refractivity contribution is 5.96.